The second-order valence-electron chi connectivity index (χ2n) is 5.19. The minimum Gasteiger partial charge on any atom is -0.493 e. The first-order valence-corrected chi connectivity index (χ1v) is 7.46. The Morgan fingerprint density at radius 2 is 2.04 bits per heavy atom. The van der Waals surface area contributed by atoms with E-state index in [0.717, 1.165) is 17.0 Å². The summed E-state index contributed by atoms with van der Waals surface area (Å²) in [5, 5.41) is 16.6. The molecule has 0 bridgehead atoms. The van der Waals surface area contributed by atoms with Crippen LogP contribution in [0.1, 0.15) is 17.0 Å². The predicted octanol–water partition coefficient (Wildman–Crippen LogP) is 2.71. The van der Waals surface area contributed by atoms with Crippen molar-refractivity contribution in [2.75, 3.05) is 19.0 Å². The summed E-state index contributed by atoms with van der Waals surface area (Å²) in [6.07, 6.45) is 0. The van der Waals surface area contributed by atoms with Crippen molar-refractivity contribution in [1.82, 2.24) is 9.78 Å². The molecule has 6 nitrogen and oxygen atoms in total. The maximum atomic E-state index is 12.5. The number of aliphatic hydroxyl groups excluding tert-OH is 1. The van der Waals surface area contributed by atoms with Crippen LogP contribution < -0.4 is 14.8 Å². The van der Waals surface area contributed by atoms with Crippen molar-refractivity contribution in [1.29, 1.82) is 0 Å². The number of nitrogens with zero attached hydrogens (tertiary/aromatic N) is 2. The number of ether oxygens (including phenoxy) is 2. The molecule has 24 heavy (non-hydrogen) atoms. The average molecular weight is 341 g/mol. The van der Waals surface area contributed by atoms with Crippen molar-refractivity contribution in [3.05, 3.63) is 35.2 Å². The fraction of sp³-hybridized carbons (Fsp3) is 0.438. The minimum atomic E-state index is -2.92. The average Bonchev–Trinajstić information content (AvgIpc) is 2.79. The number of nitrogens with one attached hydrogen (secondary N) is 1. The highest BCUT2D eigenvalue weighted by Crippen LogP contribution is 2.31. The van der Waals surface area contributed by atoms with Gasteiger partial charge in [-0.2, -0.15) is 13.9 Å². The van der Waals surface area contributed by atoms with Crippen LogP contribution >= 0.6 is 0 Å². The van der Waals surface area contributed by atoms with Crippen LogP contribution in [0.4, 0.5) is 14.5 Å². The lowest BCUT2D eigenvalue weighted by atomic mass is 10.2. The van der Waals surface area contributed by atoms with E-state index in [4.69, 9.17) is 9.84 Å². The maximum absolute atomic E-state index is 12.5. The molecule has 0 saturated carbocycles. The number of anilines is 1. The van der Waals surface area contributed by atoms with Gasteiger partial charge in [-0.3, -0.25) is 4.68 Å². The van der Waals surface area contributed by atoms with Crippen molar-refractivity contribution in [3.63, 3.8) is 0 Å². The lowest BCUT2D eigenvalue weighted by Gasteiger charge is -2.13. The number of methoxy groups -OCH3 is 1. The lowest BCUT2D eigenvalue weighted by Crippen LogP contribution is -2.07. The smallest absolute Gasteiger partial charge is 0.387 e. The second-order valence-corrected chi connectivity index (χ2v) is 5.19. The number of hydrogen-bond donors (Lipinski definition) is 2. The molecule has 132 valence electrons. The summed E-state index contributed by atoms with van der Waals surface area (Å²) in [5.41, 5.74) is 3.42. The van der Waals surface area contributed by atoms with E-state index in [0.29, 0.717) is 18.8 Å². The van der Waals surface area contributed by atoms with Crippen LogP contribution in [0.3, 0.4) is 0 Å². The van der Waals surface area contributed by atoms with Crippen molar-refractivity contribution in [2.24, 2.45) is 0 Å². The van der Waals surface area contributed by atoms with Crippen LogP contribution in [0.2, 0.25) is 0 Å². The molecule has 0 atom stereocenters. The summed E-state index contributed by atoms with van der Waals surface area (Å²) in [4.78, 5) is 0. The number of hydrogen-bond acceptors (Lipinski definition) is 5. The third kappa shape index (κ3) is 4.14. The molecule has 0 radical (unpaired) electrons. The molecule has 1 aromatic heterocycles. The van der Waals surface area contributed by atoms with Gasteiger partial charge in [0.2, 0.25) is 0 Å². The van der Waals surface area contributed by atoms with E-state index in [-0.39, 0.29) is 18.1 Å². The first-order valence-electron chi connectivity index (χ1n) is 7.46. The Bertz CT molecular complexity index is 689. The molecule has 0 saturated heterocycles. The first-order chi connectivity index (χ1) is 11.5. The zero-order valence-corrected chi connectivity index (χ0v) is 13.8. The lowest BCUT2D eigenvalue weighted by molar-refractivity contribution is -0.0511. The molecule has 0 aliphatic carbocycles. The molecule has 0 fully saturated rings. The van der Waals surface area contributed by atoms with Gasteiger partial charge in [-0.05, 0) is 26.0 Å². The Labute approximate surface area is 139 Å². The summed E-state index contributed by atoms with van der Waals surface area (Å²) in [7, 11) is 1.39. The molecular formula is C16H21F2N3O3. The quantitative estimate of drug-likeness (QED) is 0.773. The molecule has 0 spiro atoms. The zero-order valence-electron chi connectivity index (χ0n) is 13.8. The van der Waals surface area contributed by atoms with Crippen LogP contribution in [0.5, 0.6) is 11.5 Å². The van der Waals surface area contributed by atoms with Crippen LogP contribution in [0.15, 0.2) is 18.2 Å². The highest BCUT2D eigenvalue weighted by Gasteiger charge is 2.13. The normalized spacial score (nSPS) is 11.0. The van der Waals surface area contributed by atoms with Gasteiger partial charge in [-0.25, -0.2) is 0 Å². The Kier molecular flexibility index (Phi) is 5.97. The molecule has 0 aliphatic heterocycles. The summed E-state index contributed by atoms with van der Waals surface area (Å²) in [5.74, 6) is 0.214. The fourth-order valence-electron chi connectivity index (χ4n) is 2.47. The molecule has 8 heteroatoms. The largest absolute Gasteiger partial charge is 0.493 e. The number of rotatable bonds is 8. The summed E-state index contributed by atoms with van der Waals surface area (Å²) in [6, 6.07) is 4.75. The highest BCUT2D eigenvalue weighted by atomic mass is 19.3. The van der Waals surface area contributed by atoms with Crippen molar-refractivity contribution >= 4 is 5.69 Å². The van der Waals surface area contributed by atoms with Gasteiger partial charge < -0.3 is 19.9 Å². The zero-order chi connectivity index (χ0) is 17.7. The monoisotopic (exact) mass is 341 g/mol. The second kappa shape index (κ2) is 7.96. The predicted molar refractivity (Wildman–Crippen MR) is 85.7 cm³/mol. The van der Waals surface area contributed by atoms with Gasteiger partial charge in [0.25, 0.3) is 0 Å². The first kappa shape index (κ1) is 18.0. The number of aliphatic hydroxyl groups is 1. The van der Waals surface area contributed by atoms with Crippen LogP contribution in [0.25, 0.3) is 0 Å². The Hall–Kier alpha value is -2.35. The van der Waals surface area contributed by atoms with Crippen LogP contribution in [0, 0.1) is 13.8 Å². The van der Waals surface area contributed by atoms with E-state index >= 15 is 0 Å². The summed E-state index contributed by atoms with van der Waals surface area (Å²) < 4.78 is 36.2. The van der Waals surface area contributed by atoms with Gasteiger partial charge in [0.05, 0.1) is 26.0 Å². The molecule has 2 aromatic rings. The van der Waals surface area contributed by atoms with E-state index < -0.39 is 6.61 Å². The molecule has 2 rings (SSSR count). The molecule has 0 aliphatic rings. The fourth-order valence-corrected chi connectivity index (χ4v) is 2.47. The number of aryl methyl sites for hydroxylation is 1. The van der Waals surface area contributed by atoms with E-state index in [2.05, 4.69) is 15.2 Å². The Morgan fingerprint density at radius 1 is 1.29 bits per heavy atom. The van der Waals surface area contributed by atoms with Gasteiger partial charge in [0, 0.05) is 29.6 Å². The molecule has 0 unspecified atom stereocenters. The van der Waals surface area contributed by atoms with Gasteiger partial charge >= 0.3 is 6.61 Å². The van der Waals surface area contributed by atoms with E-state index in [9.17, 15) is 8.78 Å². The number of aromatic nitrogens is 2. The topological polar surface area (TPSA) is 68.5 Å². The highest BCUT2D eigenvalue weighted by molar-refractivity contribution is 5.55. The third-order valence-electron chi connectivity index (χ3n) is 3.69. The standard InChI is InChI=1S/C16H21F2N3O3/c1-10-13(11(2)21(20-10)6-7-22)9-19-12-4-5-14(23-3)15(8-12)24-16(17)18/h4-5,8,16,19,22H,6-7,9H2,1-3H3. The minimum absolute atomic E-state index is 0.0155. The van der Waals surface area contributed by atoms with E-state index in [1.807, 2.05) is 13.8 Å². The van der Waals surface area contributed by atoms with Gasteiger partial charge in [0.1, 0.15) is 0 Å². The van der Waals surface area contributed by atoms with Gasteiger partial charge in [0.15, 0.2) is 11.5 Å². The van der Waals surface area contributed by atoms with E-state index in [1.54, 1.807) is 16.8 Å². The maximum Gasteiger partial charge on any atom is 0.387 e. The summed E-state index contributed by atoms with van der Waals surface area (Å²) >= 11 is 0. The third-order valence-corrected chi connectivity index (χ3v) is 3.69. The van der Waals surface area contributed by atoms with Crippen molar-refractivity contribution in [3.8, 4) is 11.5 Å². The van der Waals surface area contributed by atoms with Gasteiger partial charge in [-0.15, -0.1) is 0 Å². The Morgan fingerprint density at radius 3 is 2.67 bits per heavy atom. The number of halogens is 2. The summed E-state index contributed by atoms with van der Waals surface area (Å²) in [6.45, 7) is 1.81. The van der Waals surface area contributed by atoms with Crippen LogP contribution in [-0.4, -0.2) is 35.2 Å². The number of alkyl halides is 2. The molecule has 2 N–H and O–H groups in total. The molecular weight excluding hydrogens is 320 g/mol. The van der Waals surface area contributed by atoms with Gasteiger partial charge in [-0.1, -0.05) is 0 Å². The molecule has 1 heterocycles. The SMILES string of the molecule is COc1ccc(NCc2c(C)nn(CCO)c2C)cc1OC(F)F. The van der Waals surface area contributed by atoms with Crippen molar-refractivity contribution in [2.45, 2.75) is 33.5 Å². The number of benzene rings is 1. The molecule has 1 aromatic carbocycles. The van der Waals surface area contributed by atoms with Crippen molar-refractivity contribution < 1.29 is 23.4 Å². The van der Waals surface area contributed by atoms with Crippen LogP contribution in [-0.2, 0) is 13.1 Å². The van der Waals surface area contributed by atoms with E-state index in [1.165, 1.54) is 13.2 Å². The molecule has 0 amide bonds. The Balaban J connectivity index is 2.15.